The maximum atomic E-state index is 13.7. The van der Waals surface area contributed by atoms with Gasteiger partial charge in [0.1, 0.15) is 11.6 Å². The maximum Gasteiger partial charge on any atom is 0.258 e. The van der Waals surface area contributed by atoms with E-state index in [1.807, 2.05) is 60.7 Å². The molecule has 0 radical (unpaired) electrons. The standard InChI is InChI=1S/C22H15FN2O/c23-18-12-7-13-19(14-18)25-21(26)15-20(16-8-3-1-4-9-16)24-22(25)17-10-5-2-6-11-17/h1-15H. The number of hydrogen-bond donors (Lipinski definition) is 0. The Morgan fingerprint density at radius 1 is 0.731 bits per heavy atom. The number of hydrogen-bond acceptors (Lipinski definition) is 2. The maximum absolute atomic E-state index is 13.7. The molecule has 0 fully saturated rings. The van der Waals surface area contributed by atoms with Crippen LogP contribution in [0.25, 0.3) is 28.3 Å². The third kappa shape index (κ3) is 3.05. The molecule has 0 unspecified atom stereocenters. The van der Waals surface area contributed by atoms with Crippen LogP contribution in [-0.4, -0.2) is 9.55 Å². The Morgan fingerprint density at radius 3 is 2.04 bits per heavy atom. The van der Waals surface area contributed by atoms with Crippen molar-refractivity contribution in [3.05, 3.63) is 107 Å². The molecule has 126 valence electrons. The van der Waals surface area contributed by atoms with Crippen LogP contribution in [0.2, 0.25) is 0 Å². The fourth-order valence-electron chi connectivity index (χ4n) is 2.88. The minimum absolute atomic E-state index is 0.261. The lowest BCUT2D eigenvalue weighted by Gasteiger charge is -2.14. The number of nitrogens with zero attached hydrogens (tertiary/aromatic N) is 2. The molecular weight excluding hydrogens is 327 g/mol. The van der Waals surface area contributed by atoms with Gasteiger partial charge in [0.15, 0.2) is 0 Å². The molecule has 3 aromatic carbocycles. The van der Waals surface area contributed by atoms with Gasteiger partial charge in [-0.05, 0) is 18.2 Å². The summed E-state index contributed by atoms with van der Waals surface area (Å²) in [4.78, 5) is 17.6. The van der Waals surface area contributed by atoms with E-state index in [4.69, 9.17) is 4.98 Å². The number of halogens is 1. The molecule has 4 heteroatoms. The lowest BCUT2D eigenvalue weighted by molar-refractivity contribution is 0.626. The first-order chi connectivity index (χ1) is 12.7. The molecule has 0 atom stereocenters. The topological polar surface area (TPSA) is 34.9 Å². The average Bonchev–Trinajstić information content (AvgIpc) is 2.68. The summed E-state index contributed by atoms with van der Waals surface area (Å²) in [6, 6.07) is 26.4. The van der Waals surface area contributed by atoms with Crippen molar-refractivity contribution < 1.29 is 4.39 Å². The smallest absolute Gasteiger partial charge is 0.258 e. The largest absolute Gasteiger partial charge is 0.269 e. The minimum Gasteiger partial charge on any atom is -0.269 e. The molecule has 0 amide bonds. The van der Waals surface area contributed by atoms with E-state index >= 15 is 0 Å². The minimum atomic E-state index is -0.402. The van der Waals surface area contributed by atoms with Crippen LogP contribution in [0.3, 0.4) is 0 Å². The van der Waals surface area contributed by atoms with Crippen molar-refractivity contribution in [2.24, 2.45) is 0 Å². The highest BCUT2D eigenvalue weighted by Crippen LogP contribution is 2.23. The third-order valence-corrected chi connectivity index (χ3v) is 4.09. The van der Waals surface area contributed by atoms with Gasteiger partial charge in [-0.2, -0.15) is 0 Å². The van der Waals surface area contributed by atoms with Gasteiger partial charge in [-0.3, -0.25) is 9.36 Å². The van der Waals surface area contributed by atoms with Crippen LogP contribution in [-0.2, 0) is 0 Å². The van der Waals surface area contributed by atoms with Crippen LogP contribution in [0.4, 0.5) is 4.39 Å². The van der Waals surface area contributed by atoms with Crippen molar-refractivity contribution in [3.63, 3.8) is 0 Å². The molecule has 0 aliphatic heterocycles. The van der Waals surface area contributed by atoms with E-state index < -0.39 is 5.82 Å². The Kier molecular flexibility index (Phi) is 4.15. The van der Waals surface area contributed by atoms with E-state index in [1.165, 1.54) is 22.8 Å². The summed E-state index contributed by atoms with van der Waals surface area (Å²) in [5.74, 6) is 0.0723. The SMILES string of the molecule is O=c1cc(-c2ccccc2)nc(-c2ccccc2)n1-c1cccc(F)c1. The van der Waals surface area contributed by atoms with E-state index in [1.54, 1.807) is 12.1 Å². The van der Waals surface area contributed by atoms with Gasteiger partial charge in [-0.25, -0.2) is 9.37 Å². The van der Waals surface area contributed by atoms with Crippen molar-refractivity contribution >= 4 is 0 Å². The summed E-state index contributed by atoms with van der Waals surface area (Å²) >= 11 is 0. The Morgan fingerprint density at radius 2 is 1.38 bits per heavy atom. The van der Waals surface area contributed by atoms with Crippen molar-refractivity contribution in [1.82, 2.24) is 9.55 Å². The van der Waals surface area contributed by atoms with Gasteiger partial charge in [0.25, 0.3) is 5.56 Å². The Hall–Kier alpha value is -3.53. The monoisotopic (exact) mass is 342 g/mol. The molecular formula is C22H15FN2O. The molecule has 4 aromatic rings. The van der Waals surface area contributed by atoms with Gasteiger partial charge in [0, 0.05) is 17.2 Å². The first-order valence-corrected chi connectivity index (χ1v) is 8.23. The molecule has 0 spiro atoms. The predicted molar refractivity (Wildman–Crippen MR) is 101 cm³/mol. The van der Waals surface area contributed by atoms with E-state index in [-0.39, 0.29) is 5.56 Å². The van der Waals surface area contributed by atoms with Crippen molar-refractivity contribution in [1.29, 1.82) is 0 Å². The molecule has 4 rings (SSSR count). The van der Waals surface area contributed by atoms with E-state index in [0.717, 1.165) is 11.1 Å². The third-order valence-electron chi connectivity index (χ3n) is 4.09. The highest BCUT2D eigenvalue weighted by molar-refractivity contribution is 5.65. The van der Waals surface area contributed by atoms with Crippen LogP contribution >= 0.6 is 0 Å². The highest BCUT2D eigenvalue weighted by atomic mass is 19.1. The highest BCUT2D eigenvalue weighted by Gasteiger charge is 2.14. The zero-order chi connectivity index (χ0) is 17.9. The van der Waals surface area contributed by atoms with Gasteiger partial charge in [-0.1, -0.05) is 66.7 Å². The fourth-order valence-corrected chi connectivity index (χ4v) is 2.88. The van der Waals surface area contributed by atoms with Crippen LogP contribution in [0.15, 0.2) is 95.8 Å². The van der Waals surface area contributed by atoms with E-state index in [9.17, 15) is 9.18 Å². The second-order valence-electron chi connectivity index (χ2n) is 5.85. The van der Waals surface area contributed by atoms with Crippen LogP contribution < -0.4 is 5.56 Å². The Bertz CT molecular complexity index is 1110. The molecule has 0 aliphatic carbocycles. The predicted octanol–water partition coefficient (Wildman–Crippen LogP) is 4.71. The fraction of sp³-hybridized carbons (Fsp3) is 0. The number of aromatic nitrogens is 2. The van der Waals surface area contributed by atoms with Gasteiger partial charge in [-0.15, -0.1) is 0 Å². The summed E-state index contributed by atoms with van der Waals surface area (Å²) in [7, 11) is 0. The molecule has 0 aliphatic rings. The molecule has 0 saturated carbocycles. The summed E-state index contributed by atoms with van der Waals surface area (Å²) in [6.45, 7) is 0. The Balaban J connectivity index is 2.01. The van der Waals surface area contributed by atoms with Gasteiger partial charge < -0.3 is 0 Å². The van der Waals surface area contributed by atoms with Crippen molar-refractivity contribution in [3.8, 4) is 28.3 Å². The lowest BCUT2D eigenvalue weighted by Crippen LogP contribution is -2.21. The summed E-state index contributed by atoms with van der Waals surface area (Å²) in [5.41, 5.74) is 2.41. The first kappa shape index (κ1) is 16.0. The molecule has 0 saturated heterocycles. The molecule has 0 bridgehead atoms. The molecule has 1 aromatic heterocycles. The first-order valence-electron chi connectivity index (χ1n) is 8.23. The molecule has 0 N–H and O–H groups in total. The molecule has 3 nitrogen and oxygen atoms in total. The van der Waals surface area contributed by atoms with Crippen LogP contribution in [0.5, 0.6) is 0 Å². The summed E-state index contributed by atoms with van der Waals surface area (Å²) in [5, 5.41) is 0. The van der Waals surface area contributed by atoms with Crippen molar-refractivity contribution in [2.45, 2.75) is 0 Å². The summed E-state index contributed by atoms with van der Waals surface area (Å²) < 4.78 is 15.2. The van der Waals surface area contributed by atoms with Crippen molar-refractivity contribution in [2.75, 3.05) is 0 Å². The second kappa shape index (κ2) is 6.76. The second-order valence-corrected chi connectivity index (χ2v) is 5.85. The number of rotatable bonds is 3. The van der Waals surface area contributed by atoms with Gasteiger partial charge in [0.2, 0.25) is 0 Å². The molecule has 1 heterocycles. The average molecular weight is 342 g/mol. The normalized spacial score (nSPS) is 10.7. The van der Waals surface area contributed by atoms with E-state index in [2.05, 4.69) is 0 Å². The van der Waals surface area contributed by atoms with Gasteiger partial charge in [0.05, 0.1) is 11.4 Å². The van der Waals surface area contributed by atoms with E-state index in [0.29, 0.717) is 17.2 Å². The zero-order valence-electron chi connectivity index (χ0n) is 13.8. The molecule has 26 heavy (non-hydrogen) atoms. The van der Waals surface area contributed by atoms with Crippen LogP contribution in [0.1, 0.15) is 0 Å². The number of benzene rings is 3. The van der Waals surface area contributed by atoms with Gasteiger partial charge >= 0.3 is 0 Å². The summed E-state index contributed by atoms with van der Waals surface area (Å²) in [6.07, 6.45) is 0. The Labute approximate surface area is 150 Å². The lowest BCUT2D eigenvalue weighted by atomic mass is 10.1. The zero-order valence-corrected chi connectivity index (χ0v) is 13.8. The van der Waals surface area contributed by atoms with Crippen LogP contribution in [0, 0.1) is 5.82 Å². The quantitative estimate of drug-likeness (QED) is 0.541.